The zero-order valence-corrected chi connectivity index (χ0v) is 10.4. The molecular weight excluding hydrogens is 234 g/mol. The van der Waals surface area contributed by atoms with E-state index in [0.717, 1.165) is 12.2 Å². The number of hydrogen-bond donors (Lipinski definition) is 0. The maximum atomic E-state index is 11.0. The molecule has 0 aromatic carbocycles. The zero-order chi connectivity index (χ0) is 13.0. The quantitative estimate of drug-likeness (QED) is 0.754. The molecule has 6 heteroatoms. The van der Waals surface area contributed by atoms with Gasteiger partial charge in [0, 0.05) is 19.2 Å². The van der Waals surface area contributed by atoms with Gasteiger partial charge in [-0.3, -0.25) is 4.79 Å². The Balaban J connectivity index is 2.08. The number of carbonyl (C=O) groups excluding carboxylic acids is 1. The molecule has 0 aliphatic carbocycles. The molecule has 0 aliphatic heterocycles. The van der Waals surface area contributed by atoms with E-state index in [0.29, 0.717) is 18.1 Å². The molecule has 2 aromatic heterocycles. The molecule has 0 saturated carbocycles. The van der Waals surface area contributed by atoms with Crippen LogP contribution in [-0.4, -0.2) is 27.8 Å². The van der Waals surface area contributed by atoms with Crippen molar-refractivity contribution in [3.05, 3.63) is 24.2 Å². The predicted octanol–water partition coefficient (Wildman–Crippen LogP) is 1.66. The summed E-state index contributed by atoms with van der Waals surface area (Å²) in [5.41, 5.74) is 0.908. The van der Waals surface area contributed by atoms with E-state index >= 15 is 0 Å². The molecule has 0 aliphatic rings. The van der Waals surface area contributed by atoms with Gasteiger partial charge in [0.2, 0.25) is 11.7 Å². The highest BCUT2D eigenvalue weighted by molar-refractivity contribution is 5.69. The van der Waals surface area contributed by atoms with Gasteiger partial charge in [-0.25, -0.2) is 0 Å². The van der Waals surface area contributed by atoms with Crippen LogP contribution in [0.25, 0.3) is 11.5 Å². The smallest absolute Gasteiger partial charge is 0.306 e. The topological polar surface area (TPSA) is 70.2 Å². The first-order chi connectivity index (χ1) is 8.74. The Hall–Kier alpha value is -2.11. The van der Waals surface area contributed by atoms with Crippen molar-refractivity contribution in [3.63, 3.8) is 0 Å². The van der Waals surface area contributed by atoms with Crippen LogP contribution >= 0.6 is 0 Å². The van der Waals surface area contributed by atoms with Crippen molar-refractivity contribution in [1.82, 2.24) is 14.7 Å². The molecule has 0 amide bonds. The van der Waals surface area contributed by atoms with Crippen LogP contribution in [0.1, 0.15) is 19.2 Å². The second kappa shape index (κ2) is 5.48. The molecule has 0 bridgehead atoms. The summed E-state index contributed by atoms with van der Waals surface area (Å²) in [7, 11) is 1.36. The van der Waals surface area contributed by atoms with Crippen molar-refractivity contribution in [1.29, 1.82) is 0 Å². The number of hydrogen-bond acceptors (Lipinski definition) is 5. The third-order valence-corrected chi connectivity index (χ3v) is 2.64. The molecule has 2 rings (SSSR count). The van der Waals surface area contributed by atoms with E-state index < -0.39 is 0 Å². The van der Waals surface area contributed by atoms with Crippen LogP contribution in [-0.2, 0) is 22.5 Å². The molecule has 2 heterocycles. The monoisotopic (exact) mass is 249 g/mol. The number of ether oxygens (including phenoxy) is 1. The average Bonchev–Trinajstić information content (AvgIpc) is 3.03. The summed E-state index contributed by atoms with van der Waals surface area (Å²) in [5.74, 6) is 0.702. The maximum Gasteiger partial charge on any atom is 0.306 e. The van der Waals surface area contributed by atoms with E-state index in [1.807, 2.05) is 29.8 Å². The van der Waals surface area contributed by atoms with Gasteiger partial charge >= 0.3 is 5.97 Å². The van der Waals surface area contributed by atoms with Gasteiger partial charge in [0.05, 0.1) is 19.2 Å². The first-order valence-electron chi connectivity index (χ1n) is 5.79. The lowest BCUT2D eigenvalue weighted by molar-refractivity contribution is -0.140. The Labute approximate surface area is 105 Å². The third-order valence-electron chi connectivity index (χ3n) is 2.64. The second-order valence-corrected chi connectivity index (χ2v) is 3.77. The fourth-order valence-electron chi connectivity index (χ4n) is 1.66. The molecule has 0 atom stereocenters. The predicted molar refractivity (Wildman–Crippen MR) is 63.7 cm³/mol. The number of aryl methyl sites for hydroxylation is 2. The van der Waals surface area contributed by atoms with Crippen LogP contribution in [0.4, 0.5) is 0 Å². The number of esters is 1. The summed E-state index contributed by atoms with van der Waals surface area (Å²) in [5, 5.41) is 3.91. The van der Waals surface area contributed by atoms with Gasteiger partial charge in [-0.05, 0) is 19.1 Å². The average molecular weight is 249 g/mol. The highest BCUT2D eigenvalue weighted by atomic mass is 16.5. The third kappa shape index (κ3) is 2.58. The first kappa shape index (κ1) is 12.3. The van der Waals surface area contributed by atoms with E-state index in [1.165, 1.54) is 7.11 Å². The summed E-state index contributed by atoms with van der Waals surface area (Å²) in [6.07, 6.45) is 2.60. The van der Waals surface area contributed by atoms with Gasteiger partial charge in [-0.1, -0.05) is 5.16 Å². The molecule has 0 spiro atoms. The van der Waals surface area contributed by atoms with Gasteiger partial charge in [0.15, 0.2) is 0 Å². The number of methoxy groups -OCH3 is 1. The summed E-state index contributed by atoms with van der Waals surface area (Å²) in [6.45, 7) is 2.89. The maximum absolute atomic E-state index is 11.0. The highest BCUT2D eigenvalue weighted by Gasteiger charge is 2.12. The van der Waals surface area contributed by atoms with Crippen LogP contribution in [0.5, 0.6) is 0 Å². The van der Waals surface area contributed by atoms with E-state index in [9.17, 15) is 4.79 Å². The zero-order valence-electron chi connectivity index (χ0n) is 10.4. The molecule has 0 saturated heterocycles. The Kier molecular flexibility index (Phi) is 3.76. The van der Waals surface area contributed by atoms with Crippen molar-refractivity contribution in [3.8, 4) is 11.5 Å². The number of aromatic nitrogens is 3. The van der Waals surface area contributed by atoms with Crippen molar-refractivity contribution < 1.29 is 14.1 Å². The van der Waals surface area contributed by atoms with Gasteiger partial charge in [-0.2, -0.15) is 4.98 Å². The highest BCUT2D eigenvalue weighted by Crippen LogP contribution is 2.17. The molecule has 0 fully saturated rings. The van der Waals surface area contributed by atoms with Crippen molar-refractivity contribution in [2.75, 3.05) is 7.11 Å². The summed E-state index contributed by atoms with van der Waals surface area (Å²) >= 11 is 0. The first-order valence-corrected chi connectivity index (χ1v) is 5.79. The second-order valence-electron chi connectivity index (χ2n) is 3.77. The van der Waals surface area contributed by atoms with Gasteiger partial charge in [0.1, 0.15) is 0 Å². The summed E-state index contributed by atoms with van der Waals surface area (Å²) in [4.78, 5) is 15.3. The largest absolute Gasteiger partial charge is 0.469 e. The lowest BCUT2D eigenvalue weighted by Crippen LogP contribution is -2.02. The van der Waals surface area contributed by atoms with Crippen molar-refractivity contribution in [2.24, 2.45) is 0 Å². The van der Waals surface area contributed by atoms with E-state index in [4.69, 9.17) is 4.52 Å². The van der Waals surface area contributed by atoms with Gasteiger partial charge in [0.25, 0.3) is 0 Å². The van der Waals surface area contributed by atoms with Crippen LogP contribution in [0.2, 0.25) is 0 Å². The molecule has 0 radical (unpaired) electrons. The van der Waals surface area contributed by atoms with E-state index in [2.05, 4.69) is 14.9 Å². The van der Waals surface area contributed by atoms with E-state index in [-0.39, 0.29) is 12.4 Å². The van der Waals surface area contributed by atoms with Crippen LogP contribution in [0, 0.1) is 0 Å². The Bertz CT molecular complexity index is 530. The Morgan fingerprint density at radius 1 is 1.56 bits per heavy atom. The molecular formula is C12H15N3O3. The minimum absolute atomic E-state index is 0.243. The summed E-state index contributed by atoms with van der Waals surface area (Å²) in [6, 6.07) is 3.86. The Morgan fingerprint density at radius 3 is 3.11 bits per heavy atom. The minimum Gasteiger partial charge on any atom is -0.469 e. The molecule has 18 heavy (non-hydrogen) atoms. The molecule has 2 aromatic rings. The van der Waals surface area contributed by atoms with Gasteiger partial charge < -0.3 is 13.8 Å². The van der Waals surface area contributed by atoms with Crippen LogP contribution in [0.3, 0.4) is 0 Å². The van der Waals surface area contributed by atoms with Crippen molar-refractivity contribution in [2.45, 2.75) is 26.3 Å². The summed E-state index contributed by atoms with van der Waals surface area (Å²) < 4.78 is 11.7. The number of nitrogens with zero attached hydrogens (tertiary/aromatic N) is 3. The molecule has 0 N–H and O–H groups in total. The Morgan fingerprint density at radius 2 is 2.39 bits per heavy atom. The molecule has 96 valence electrons. The molecule has 0 unspecified atom stereocenters. The molecule has 6 nitrogen and oxygen atoms in total. The normalized spacial score (nSPS) is 10.6. The van der Waals surface area contributed by atoms with Crippen LogP contribution < -0.4 is 0 Å². The van der Waals surface area contributed by atoms with Crippen LogP contribution in [0.15, 0.2) is 22.9 Å². The number of rotatable bonds is 5. The standard InChI is InChI=1S/C12H15N3O3/c1-3-15-8-4-5-9(15)12-13-10(18-14-12)6-7-11(16)17-2/h4-5,8H,3,6-7H2,1-2H3. The fourth-order valence-corrected chi connectivity index (χ4v) is 1.66. The lowest BCUT2D eigenvalue weighted by Gasteiger charge is -2.00. The van der Waals surface area contributed by atoms with E-state index in [1.54, 1.807) is 0 Å². The number of carbonyl (C=O) groups is 1. The lowest BCUT2D eigenvalue weighted by atomic mass is 10.3. The minimum atomic E-state index is -0.285. The SMILES string of the molecule is CCn1cccc1-c1noc(CCC(=O)OC)n1. The van der Waals surface area contributed by atoms with Gasteiger partial charge in [-0.15, -0.1) is 0 Å². The fraction of sp³-hybridized carbons (Fsp3) is 0.417. The van der Waals surface area contributed by atoms with Crippen molar-refractivity contribution >= 4 is 5.97 Å².